The first kappa shape index (κ1) is 17.4. The quantitative estimate of drug-likeness (QED) is 0.890. The van der Waals surface area contributed by atoms with Crippen molar-refractivity contribution in [2.24, 2.45) is 13.0 Å². The molecule has 0 spiro atoms. The first-order valence-corrected chi connectivity index (χ1v) is 8.68. The van der Waals surface area contributed by atoms with Crippen molar-refractivity contribution in [3.63, 3.8) is 0 Å². The highest BCUT2D eigenvalue weighted by Crippen LogP contribution is 2.30. The molecular weight excluding hydrogens is 318 g/mol. The van der Waals surface area contributed by atoms with E-state index < -0.39 is 6.10 Å². The molecule has 2 N–H and O–H groups in total. The van der Waals surface area contributed by atoms with Crippen molar-refractivity contribution < 1.29 is 9.90 Å². The van der Waals surface area contributed by atoms with Gasteiger partial charge in [-0.25, -0.2) is 4.79 Å². The van der Waals surface area contributed by atoms with Crippen molar-refractivity contribution in [3.8, 4) is 0 Å². The van der Waals surface area contributed by atoms with Crippen LogP contribution in [0.4, 0.5) is 4.79 Å². The topological polar surface area (TPSA) is 83.3 Å². The third-order valence-corrected chi connectivity index (χ3v) is 4.89. The average molecular weight is 343 g/mol. The lowest BCUT2D eigenvalue weighted by Gasteiger charge is -2.34. The van der Waals surface area contributed by atoms with Crippen LogP contribution in [0.3, 0.4) is 0 Å². The number of urea groups is 1. The number of carbonyl (C=O) groups excluding carboxylic acids is 1. The number of nitrogens with one attached hydrogen (secondary N) is 1. The first-order chi connectivity index (χ1) is 12.1. The molecule has 0 radical (unpaired) electrons. The Bertz CT molecular complexity index is 695. The monoisotopic (exact) mass is 343 g/mol. The Kier molecular flexibility index (Phi) is 5.33. The van der Waals surface area contributed by atoms with E-state index in [1.165, 1.54) is 0 Å². The Balaban J connectivity index is 1.52. The maximum Gasteiger partial charge on any atom is 0.317 e. The molecule has 2 aromatic rings. The summed E-state index contributed by atoms with van der Waals surface area (Å²) < 4.78 is 1.80. The summed E-state index contributed by atoms with van der Waals surface area (Å²) >= 11 is 0. The molecule has 1 aliphatic rings. The molecule has 7 nitrogen and oxygen atoms in total. The molecule has 1 fully saturated rings. The van der Waals surface area contributed by atoms with E-state index in [4.69, 9.17) is 0 Å². The fraction of sp³-hybridized carbons (Fsp3) is 0.500. The summed E-state index contributed by atoms with van der Waals surface area (Å²) in [7, 11) is 1.86. The zero-order valence-electron chi connectivity index (χ0n) is 14.7. The smallest absolute Gasteiger partial charge is 0.317 e. The van der Waals surface area contributed by atoms with Crippen LogP contribution in [0.5, 0.6) is 0 Å². The summed E-state index contributed by atoms with van der Waals surface area (Å²) in [5.41, 5.74) is 0.946. The summed E-state index contributed by atoms with van der Waals surface area (Å²) in [6.07, 6.45) is 2.74. The van der Waals surface area contributed by atoms with Gasteiger partial charge in [0.1, 0.15) is 6.33 Å². The lowest BCUT2D eigenvalue weighted by Crippen LogP contribution is -2.46. The second-order valence-electron chi connectivity index (χ2n) is 6.65. The molecule has 0 unspecified atom stereocenters. The van der Waals surface area contributed by atoms with Crippen LogP contribution in [-0.2, 0) is 7.05 Å². The van der Waals surface area contributed by atoms with Gasteiger partial charge in [-0.3, -0.25) is 0 Å². The molecular formula is C18H25N5O2. The summed E-state index contributed by atoms with van der Waals surface area (Å²) in [6, 6.07) is 9.43. The number of aromatic nitrogens is 3. The summed E-state index contributed by atoms with van der Waals surface area (Å²) in [5, 5.41) is 21.4. The minimum Gasteiger partial charge on any atom is -0.388 e. The highest BCUT2D eigenvalue weighted by Gasteiger charge is 2.29. The Labute approximate surface area is 147 Å². The predicted molar refractivity (Wildman–Crippen MR) is 93.6 cm³/mol. The number of carbonyl (C=O) groups is 1. The van der Waals surface area contributed by atoms with Gasteiger partial charge in [-0.15, -0.1) is 10.2 Å². The van der Waals surface area contributed by atoms with Crippen molar-refractivity contribution >= 4 is 6.03 Å². The van der Waals surface area contributed by atoms with Gasteiger partial charge in [0.2, 0.25) is 0 Å². The second kappa shape index (κ2) is 7.65. The third kappa shape index (κ3) is 3.99. The van der Waals surface area contributed by atoms with Gasteiger partial charge in [0, 0.05) is 20.1 Å². The summed E-state index contributed by atoms with van der Waals surface area (Å²) in [4.78, 5) is 14.3. The zero-order valence-corrected chi connectivity index (χ0v) is 14.7. The number of piperidine rings is 1. The average Bonchev–Trinajstić information content (AvgIpc) is 3.08. The highest BCUT2D eigenvalue weighted by atomic mass is 16.3. The molecule has 0 aliphatic carbocycles. The number of aryl methyl sites for hydroxylation is 1. The van der Waals surface area contributed by atoms with Crippen LogP contribution in [0.25, 0.3) is 0 Å². The molecule has 2 amide bonds. The molecule has 2 atom stereocenters. The molecule has 134 valence electrons. The van der Waals surface area contributed by atoms with Crippen LogP contribution in [-0.4, -0.2) is 43.9 Å². The van der Waals surface area contributed by atoms with E-state index in [9.17, 15) is 9.90 Å². The van der Waals surface area contributed by atoms with E-state index in [0.717, 1.165) is 24.2 Å². The van der Waals surface area contributed by atoms with E-state index in [1.54, 1.807) is 15.8 Å². The zero-order chi connectivity index (χ0) is 17.8. The fourth-order valence-electron chi connectivity index (χ4n) is 3.37. The van der Waals surface area contributed by atoms with Crippen LogP contribution in [0.15, 0.2) is 36.7 Å². The molecule has 1 aromatic carbocycles. The second-order valence-corrected chi connectivity index (χ2v) is 6.65. The van der Waals surface area contributed by atoms with Crippen molar-refractivity contribution in [2.75, 3.05) is 13.1 Å². The van der Waals surface area contributed by atoms with Crippen molar-refractivity contribution in [3.05, 3.63) is 48.0 Å². The summed E-state index contributed by atoms with van der Waals surface area (Å²) in [5.74, 6) is 0.908. The SMILES string of the molecule is C[C@H](NC(=O)N1CCC([C@H](O)c2ccccc2)CC1)c1nncn1C. The number of amides is 2. The number of aliphatic hydroxyl groups is 1. The number of benzene rings is 1. The molecule has 1 aliphatic heterocycles. The van der Waals surface area contributed by atoms with Crippen molar-refractivity contribution in [2.45, 2.75) is 31.9 Å². The van der Waals surface area contributed by atoms with E-state index >= 15 is 0 Å². The third-order valence-electron chi connectivity index (χ3n) is 4.89. The number of rotatable bonds is 4. The van der Waals surface area contributed by atoms with Gasteiger partial charge < -0.3 is 19.9 Å². The Morgan fingerprint density at radius 1 is 1.28 bits per heavy atom. The number of likely N-dealkylation sites (tertiary alicyclic amines) is 1. The Morgan fingerprint density at radius 3 is 2.56 bits per heavy atom. The standard InChI is InChI=1S/C18H25N5O2/c1-13(17-21-19-12-22(17)2)20-18(25)23-10-8-15(9-11-23)16(24)14-6-4-3-5-7-14/h3-7,12-13,15-16,24H,8-11H2,1-2H3,(H,20,25)/t13-,16+/m0/s1. The van der Waals surface area contributed by atoms with Gasteiger partial charge in [-0.05, 0) is 31.2 Å². The number of aliphatic hydroxyl groups excluding tert-OH is 1. The molecule has 0 saturated carbocycles. The van der Waals surface area contributed by atoms with Gasteiger partial charge in [0.05, 0.1) is 12.1 Å². The molecule has 1 aromatic heterocycles. The molecule has 0 bridgehead atoms. The first-order valence-electron chi connectivity index (χ1n) is 8.68. The number of hydrogen-bond acceptors (Lipinski definition) is 4. The molecule has 1 saturated heterocycles. The van der Waals surface area contributed by atoms with E-state index in [2.05, 4.69) is 15.5 Å². The normalized spacial score (nSPS) is 18.0. The van der Waals surface area contributed by atoms with Crippen LogP contribution >= 0.6 is 0 Å². The molecule has 25 heavy (non-hydrogen) atoms. The maximum atomic E-state index is 12.5. The van der Waals surface area contributed by atoms with Crippen LogP contribution in [0.1, 0.15) is 43.3 Å². The number of nitrogens with zero attached hydrogens (tertiary/aromatic N) is 4. The van der Waals surface area contributed by atoms with Gasteiger partial charge in [0.25, 0.3) is 0 Å². The Morgan fingerprint density at radius 2 is 1.96 bits per heavy atom. The van der Waals surface area contributed by atoms with E-state index in [1.807, 2.05) is 44.3 Å². The summed E-state index contributed by atoms with van der Waals surface area (Å²) in [6.45, 7) is 3.19. The molecule has 3 rings (SSSR count). The minimum absolute atomic E-state index is 0.0943. The fourth-order valence-corrected chi connectivity index (χ4v) is 3.37. The van der Waals surface area contributed by atoms with Crippen LogP contribution < -0.4 is 5.32 Å². The van der Waals surface area contributed by atoms with Crippen LogP contribution in [0.2, 0.25) is 0 Å². The largest absolute Gasteiger partial charge is 0.388 e. The minimum atomic E-state index is -0.469. The van der Waals surface area contributed by atoms with Crippen LogP contribution in [0, 0.1) is 5.92 Å². The lowest BCUT2D eigenvalue weighted by atomic mass is 9.87. The number of hydrogen-bond donors (Lipinski definition) is 2. The van der Waals surface area contributed by atoms with E-state index in [-0.39, 0.29) is 18.0 Å². The van der Waals surface area contributed by atoms with Gasteiger partial charge >= 0.3 is 6.03 Å². The van der Waals surface area contributed by atoms with Gasteiger partial charge in [0.15, 0.2) is 5.82 Å². The molecule has 7 heteroatoms. The van der Waals surface area contributed by atoms with Gasteiger partial charge in [-0.1, -0.05) is 30.3 Å². The maximum absolute atomic E-state index is 12.5. The van der Waals surface area contributed by atoms with Gasteiger partial charge in [-0.2, -0.15) is 0 Å². The van der Waals surface area contributed by atoms with E-state index in [0.29, 0.717) is 13.1 Å². The highest BCUT2D eigenvalue weighted by molar-refractivity contribution is 5.74. The van der Waals surface area contributed by atoms with Crippen molar-refractivity contribution in [1.29, 1.82) is 0 Å². The predicted octanol–water partition coefficient (Wildman–Crippen LogP) is 2.03. The Hall–Kier alpha value is -2.41. The van der Waals surface area contributed by atoms with Crippen molar-refractivity contribution in [1.82, 2.24) is 25.0 Å². The molecule has 2 heterocycles. The lowest BCUT2D eigenvalue weighted by molar-refractivity contribution is 0.0661.